The number of halogens is 2. The lowest BCUT2D eigenvalue weighted by Gasteiger charge is -2.26. The van der Waals surface area contributed by atoms with Gasteiger partial charge in [-0.25, -0.2) is 4.39 Å². The van der Waals surface area contributed by atoms with Crippen LogP contribution in [0.3, 0.4) is 0 Å². The summed E-state index contributed by atoms with van der Waals surface area (Å²) in [5, 5.41) is 0.504. The number of fused-ring (bicyclic) bond motifs is 1. The van der Waals surface area contributed by atoms with Crippen molar-refractivity contribution in [3.05, 3.63) is 68.7 Å². The molecule has 0 aliphatic carbocycles. The minimum Gasteiger partial charge on any atom is -0.459 e. The van der Waals surface area contributed by atoms with Crippen LogP contribution in [0.4, 0.5) is 4.39 Å². The van der Waals surface area contributed by atoms with Crippen molar-refractivity contribution in [2.45, 2.75) is 6.54 Å². The zero-order valence-electron chi connectivity index (χ0n) is 14.0. The maximum atomic E-state index is 13.4. The monoisotopic (exact) mass is 417 g/mol. The molecule has 0 saturated carbocycles. The molecule has 4 rings (SSSR count). The minimum absolute atomic E-state index is 0.109. The van der Waals surface area contributed by atoms with Crippen molar-refractivity contribution in [3.8, 4) is 11.1 Å². The van der Waals surface area contributed by atoms with Crippen LogP contribution in [-0.2, 0) is 11.3 Å². The molecule has 3 aromatic rings. The van der Waals surface area contributed by atoms with Crippen LogP contribution in [0, 0.1) is 5.82 Å². The normalized spacial score (nSPS) is 15.5. The Kier molecular flexibility index (Phi) is 4.89. The number of hydrogen-bond donors (Lipinski definition) is 0. The van der Waals surface area contributed by atoms with E-state index >= 15 is 0 Å². The van der Waals surface area contributed by atoms with Gasteiger partial charge in [-0.1, -0.05) is 28.1 Å². The molecule has 26 heavy (non-hydrogen) atoms. The fraction of sp³-hybridized carbons (Fsp3) is 0.250. The van der Waals surface area contributed by atoms with Crippen molar-refractivity contribution in [2.75, 3.05) is 26.3 Å². The Hall–Kier alpha value is -2.02. The quantitative estimate of drug-likeness (QED) is 0.640. The maximum absolute atomic E-state index is 13.4. The van der Waals surface area contributed by atoms with E-state index in [1.54, 1.807) is 24.3 Å². The van der Waals surface area contributed by atoms with Gasteiger partial charge in [-0.3, -0.25) is 9.69 Å². The van der Waals surface area contributed by atoms with Crippen molar-refractivity contribution in [1.82, 2.24) is 4.90 Å². The smallest absolute Gasteiger partial charge is 0.200 e. The van der Waals surface area contributed by atoms with E-state index in [2.05, 4.69) is 20.8 Å². The molecule has 1 fully saturated rings. The van der Waals surface area contributed by atoms with Gasteiger partial charge in [-0.05, 0) is 35.9 Å². The van der Waals surface area contributed by atoms with Crippen molar-refractivity contribution in [1.29, 1.82) is 0 Å². The summed E-state index contributed by atoms with van der Waals surface area (Å²) in [5.74, 6) is 0.259. The van der Waals surface area contributed by atoms with Gasteiger partial charge in [-0.15, -0.1) is 0 Å². The first-order chi connectivity index (χ1) is 12.6. The highest BCUT2D eigenvalue weighted by molar-refractivity contribution is 9.10. The summed E-state index contributed by atoms with van der Waals surface area (Å²) < 4.78 is 25.7. The molecule has 1 aromatic heterocycles. The van der Waals surface area contributed by atoms with Crippen LogP contribution in [-0.4, -0.2) is 31.2 Å². The second-order valence-electron chi connectivity index (χ2n) is 6.27. The molecule has 0 unspecified atom stereocenters. The number of rotatable bonds is 3. The molecule has 6 heteroatoms. The molecule has 2 heterocycles. The highest BCUT2D eigenvalue weighted by atomic mass is 79.9. The molecule has 0 bridgehead atoms. The van der Waals surface area contributed by atoms with E-state index in [1.807, 2.05) is 6.07 Å². The van der Waals surface area contributed by atoms with E-state index in [4.69, 9.17) is 9.15 Å². The van der Waals surface area contributed by atoms with Crippen LogP contribution in [0.15, 0.2) is 56.1 Å². The maximum Gasteiger partial charge on any atom is 0.200 e. The zero-order valence-corrected chi connectivity index (χ0v) is 15.6. The third-order valence-electron chi connectivity index (χ3n) is 4.53. The van der Waals surface area contributed by atoms with Gasteiger partial charge >= 0.3 is 0 Å². The number of ether oxygens (including phenoxy) is 1. The van der Waals surface area contributed by atoms with Gasteiger partial charge in [0, 0.05) is 17.6 Å². The summed E-state index contributed by atoms with van der Waals surface area (Å²) in [4.78, 5) is 15.4. The summed E-state index contributed by atoms with van der Waals surface area (Å²) in [6.07, 6.45) is 0. The second kappa shape index (κ2) is 7.31. The molecule has 0 spiro atoms. The summed E-state index contributed by atoms with van der Waals surface area (Å²) in [6.45, 7) is 3.40. The van der Waals surface area contributed by atoms with E-state index in [9.17, 15) is 9.18 Å². The largest absolute Gasteiger partial charge is 0.459 e. The zero-order chi connectivity index (χ0) is 18.1. The van der Waals surface area contributed by atoms with Crippen molar-refractivity contribution in [2.24, 2.45) is 0 Å². The highest BCUT2D eigenvalue weighted by Gasteiger charge is 2.20. The van der Waals surface area contributed by atoms with Gasteiger partial charge in [0.05, 0.1) is 30.7 Å². The number of nitrogens with zero attached hydrogens (tertiary/aromatic N) is 1. The first-order valence-corrected chi connectivity index (χ1v) is 9.22. The van der Waals surface area contributed by atoms with Crippen molar-refractivity contribution in [3.63, 3.8) is 0 Å². The fourth-order valence-corrected chi connectivity index (χ4v) is 3.56. The molecule has 1 saturated heterocycles. The number of hydrogen-bond acceptors (Lipinski definition) is 4. The summed E-state index contributed by atoms with van der Waals surface area (Å²) in [5.41, 5.74) is 1.59. The molecular formula is C20H17BrFNO3. The van der Waals surface area contributed by atoms with Crippen LogP contribution in [0.25, 0.3) is 22.1 Å². The van der Waals surface area contributed by atoms with Crippen molar-refractivity contribution >= 4 is 26.9 Å². The Morgan fingerprint density at radius 2 is 1.81 bits per heavy atom. The lowest BCUT2D eigenvalue weighted by Crippen LogP contribution is -2.36. The van der Waals surface area contributed by atoms with E-state index < -0.39 is 0 Å². The van der Waals surface area contributed by atoms with Gasteiger partial charge in [0.15, 0.2) is 0 Å². The SMILES string of the molecule is O=c1c(-c2ccc(F)cc2)c(CN2CCOCC2)oc2ccc(Br)cc12. The Labute approximate surface area is 158 Å². The first-order valence-electron chi connectivity index (χ1n) is 8.43. The lowest BCUT2D eigenvalue weighted by molar-refractivity contribution is 0.0315. The Bertz CT molecular complexity index is 994. The van der Waals surface area contributed by atoms with Crippen LogP contribution in [0.1, 0.15) is 5.76 Å². The molecule has 1 aliphatic rings. The van der Waals surface area contributed by atoms with Crippen LogP contribution in [0.5, 0.6) is 0 Å². The lowest BCUT2D eigenvalue weighted by atomic mass is 10.0. The first kappa shape index (κ1) is 17.4. The van der Waals surface area contributed by atoms with Gasteiger partial charge in [-0.2, -0.15) is 0 Å². The van der Waals surface area contributed by atoms with Gasteiger partial charge < -0.3 is 9.15 Å². The van der Waals surface area contributed by atoms with E-state index in [0.29, 0.717) is 47.6 Å². The average molecular weight is 418 g/mol. The molecule has 0 N–H and O–H groups in total. The molecule has 4 nitrogen and oxygen atoms in total. The number of morpholine rings is 1. The average Bonchev–Trinajstić information content (AvgIpc) is 2.65. The highest BCUT2D eigenvalue weighted by Crippen LogP contribution is 2.27. The summed E-state index contributed by atoms with van der Waals surface area (Å²) >= 11 is 3.40. The van der Waals surface area contributed by atoms with E-state index in [0.717, 1.165) is 17.6 Å². The molecule has 1 aliphatic heterocycles. The molecule has 134 valence electrons. The predicted octanol–water partition coefficient (Wildman–Crippen LogP) is 4.19. The molecule has 0 radical (unpaired) electrons. The minimum atomic E-state index is -0.337. The van der Waals surface area contributed by atoms with Crippen LogP contribution >= 0.6 is 15.9 Å². The van der Waals surface area contributed by atoms with Crippen LogP contribution < -0.4 is 5.43 Å². The van der Waals surface area contributed by atoms with Crippen LogP contribution in [0.2, 0.25) is 0 Å². The molecular weight excluding hydrogens is 401 g/mol. The molecule has 0 atom stereocenters. The predicted molar refractivity (Wildman–Crippen MR) is 102 cm³/mol. The summed E-state index contributed by atoms with van der Waals surface area (Å²) in [7, 11) is 0. The fourth-order valence-electron chi connectivity index (χ4n) is 3.20. The molecule has 0 amide bonds. The molecule has 2 aromatic carbocycles. The standard InChI is InChI=1S/C20H17BrFNO3/c21-14-3-6-17-16(11-14)20(24)19(13-1-4-15(22)5-2-13)18(26-17)12-23-7-9-25-10-8-23/h1-6,11H,7-10,12H2. The third kappa shape index (κ3) is 3.45. The third-order valence-corrected chi connectivity index (χ3v) is 5.02. The van der Waals surface area contributed by atoms with Gasteiger partial charge in [0.1, 0.15) is 17.2 Å². The van der Waals surface area contributed by atoms with Gasteiger partial charge in [0.25, 0.3) is 0 Å². The summed E-state index contributed by atoms with van der Waals surface area (Å²) in [6, 6.07) is 11.4. The van der Waals surface area contributed by atoms with Crippen molar-refractivity contribution < 1.29 is 13.5 Å². The van der Waals surface area contributed by atoms with E-state index in [-0.39, 0.29) is 11.2 Å². The van der Waals surface area contributed by atoms with E-state index in [1.165, 1.54) is 12.1 Å². The topological polar surface area (TPSA) is 42.7 Å². The Morgan fingerprint density at radius 1 is 1.08 bits per heavy atom. The Balaban J connectivity index is 1.89. The second-order valence-corrected chi connectivity index (χ2v) is 7.18. The number of benzene rings is 2. The van der Waals surface area contributed by atoms with Gasteiger partial charge in [0.2, 0.25) is 5.43 Å². The Morgan fingerprint density at radius 3 is 2.54 bits per heavy atom.